The largest absolute Gasteiger partial charge is 0.497 e. The molecule has 0 aliphatic carbocycles. The highest BCUT2D eigenvalue weighted by molar-refractivity contribution is 6.32. The van der Waals surface area contributed by atoms with Gasteiger partial charge in [0.1, 0.15) is 17.2 Å². The van der Waals surface area contributed by atoms with Crippen LogP contribution in [0.15, 0.2) is 48.5 Å². The van der Waals surface area contributed by atoms with Crippen LogP contribution >= 0.6 is 23.2 Å². The number of H-pyrrole nitrogens is 1. The lowest BCUT2D eigenvalue weighted by molar-refractivity contribution is 0.0945. The zero-order chi connectivity index (χ0) is 24.4. The van der Waals surface area contributed by atoms with E-state index in [2.05, 4.69) is 10.3 Å². The second-order valence-corrected chi connectivity index (χ2v) is 8.44. The summed E-state index contributed by atoms with van der Waals surface area (Å²) in [4.78, 5) is 16.1. The fraction of sp³-hybridized carbons (Fsp3) is 0.160. The number of methoxy groups -OCH3 is 1. The van der Waals surface area contributed by atoms with E-state index < -0.39 is 5.82 Å². The molecule has 0 atom stereocenters. The minimum absolute atomic E-state index is 0.0717. The average molecular weight is 502 g/mol. The van der Waals surface area contributed by atoms with Crippen LogP contribution in [0.2, 0.25) is 10.0 Å². The summed E-state index contributed by atoms with van der Waals surface area (Å²) in [6.45, 7) is 1.89. The molecule has 0 fully saturated rings. The first-order valence-electron chi connectivity index (χ1n) is 10.5. The Labute approximate surface area is 205 Å². The van der Waals surface area contributed by atoms with Gasteiger partial charge in [0.05, 0.1) is 12.1 Å². The second-order valence-electron chi connectivity index (χ2n) is 7.60. The van der Waals surface area contributed by atoms with Crippen molar-refractivity contribution in [1.29, 1.82) is 0 Å². The lowest BCUT2D eigenvalue weighted by atomic mass is 10.1. The van der Waals surface area contributed by atoms with Crippen LogP contribution in [0.3, 0.4) is 0 Å². The van der Waals surface area contributed by atoms with Gasteiger partial charge in [-0.3, -0.25) is 4.79 Å². The van der Waals surface area contributed by atoms with Crippen molar-refractivity contribution in [2.45, 2.75) is 19.9 Å². The molecule has 0 aliphatic heterocycles. The second kappa shape index (κ2) is 9.83. The van der Waals surface area contributed by atoms with Crippen LogP contribution in [0.1, 0.15) is 28.5 Å². The number of rotatable bonds is 7. The number of amides is 1. The summed E-state index contributed by atoms with van der Waals surface area (Å²) in [6, 6.07) is 13.1. The number of aromatic nitrogens is 1. The maximum Gasteiger partial charge on any atom is 0.268 e. The van der Waals surface area contributed by atoms with Crippen molar-refractivity contribution < 1.29 is 18.7 Å². The molecule has 3 aromatic carbocycles. The summed E-state index contributed by atoms with van der Waals surface area (Å²) in [7, 11) is 1.59. The molecule has 1 aromatic heterocycles. The first-order valence-corrected chi connectivity index (χ1v) is 11.2. The zero-order valence-electron chi connectivity index (χ0n) is 18.5. The van der Waals surface area contributed by atoms with Gasteiger partial charge in [0.2, 0.25) is 0 Å². The molecule has 1 amide bonds. The number of hydrogen-bond donors (Lipinski definition) is 3. The molecule has 34 heavy (non-hydrogen) atoms. The Kier molecular flexibility index (Phi) is 6.86. The summed E-state index contributed by atoms with van der Waals surface area (Å²) in [5.74, 6) is -0.282. The van der Waals surface area contributed by atoms with E-state index in [9.17, 15) is 4.79 Å². The van der Waals surface area contributed by atoms with Crippen LogP contribution in [0.25, 0.3) is 10.9 Å². The smallest absolute Gasteiger partial charge is 0.268 e. The van der Waals surface area contributed by atoms with E-state index in [0.717, 1.165) is 16.5 Å². The molecule has 9 heteroatoms. The minimum Gasteiger partial charge on any atom is -0.497 e. The molecule has 0 saturated carbocycles. The van der Waals surface area contributed by atoms with Crippen LogP contribution in [0.5, 0.6) is 17.2 Å². The van der Waals surface area contributed by atoms with Crippen molar-refractivity contribution in [3.63, 3.8) is 0 Å². The van der Waals surface area contributed by atoms with Gasteiger partial charge in [-0.05, 0) is 48.4 Å². The number of halogens is 3. The number of carbonyl (C=O) groups excluding carboxylic acids is 1. The molecular formula is C25H22Cl2FN3O3. The summed E-state index contributed by atoms with van der Waals surface area (Å²) in [5, 5.41) is 4.09. The molecule has 4 N–H and O–H groups in total. The van der Waals surface area contributed by atoms with Crippen molar-refractivity contribution in [1.82, 2.24) is 10.3 Å². The first kappa shape index (κ1) is 23.7. The van der Waals surface area contributed by atoms with E-state index in [1.165, 1.54) is 24.3 Å². The van der Waals surface area contributed by atoms with Crippen molar-refractivity contribution in [3.8, 4) is 17.2 Å². The zero-order valence-corrected chi connectivity index (χ0v) is 20.0. The first-order chi connectivity index (χ1) is 16.3. The Hall–Kier alpha value is -3.42. The van der Waals surface area contributed by atoms with Crippen molar-refractivity contribution in [2.75, 3.05) is 12.8 Å². The van der Waals surface area contributed by atoms with Gasteiger partial charge in [0, 0.05) is 39.8 Å². The normalized spacial score (nSPS) is 11.0. The third kappa shape index (κ3) is 4.76. The van der Waals surface area contributed by atoms with Gasteiger partial charge < -0.3 is 25.5 Å². The average Bonchev–Trinajstić information content (AvgIpc) is 3.18. The summed E-state index contributed by atoms with van der Waals surface area (Å²) in [6.07, 6.45) is 0.631. The van der Waals surface area contributed by atoms with E-state index >= 15 is 4.39 Å². The molecule has 176 valence electrons. The monoisotopic (exact) mass is 501 g/mol. The Morgan fingerprint density at radius 3 is 2.62 bits per heavy atom. The third-order valence-electron chi connectivity index (χ3n) is 5.38. The Morgan fingerprint density at radius 2 is 1.91 bits per heavy atom. The van der Waals surface area contributed by atoms with Gasteiger partial charge in [-0.2, -0.15) is 0 Å². The number of carbonyl (C=O) groups is 1. The minimum atomic E-state index is -0.691. The molecule has 0 bridgehead atoms. The molecule has 0 aliphatic rings. The van der Waals surface area contributed by atoms with Crippen molar-refractivity contribution in [2.24, 2.45) is 0 Å². The number of fused-ring (bicyclic) bond motifs is 1. The fourth-order valence-corrected chi connectivity index (χ4v) is 4.16. The number of anilines is 1. The fourth-order valence-electron chi connectivity index (χ4n) is 3.74. The van der Waals surface area contributed by atoms with Crippen LogP contribution < -0.4 is 20.5 Å². The van der Waals surface area contributed by atoms with E-state index in [1.54, 1.807) is 13.2 Å². The van der Waals surface area contributed by atoms with Crippen molar-refractivity contribution in [3.05, 3.63) is 81.2 Å². The molecule has 0 spiro atoms. The topological polar surface area (TPSA) is 89.4 Å². The van der Waals surface area contributed by atoms with Crippen LogP contribution in [0.4, 0.5) is 10.1 Å². The number of nitrogen functional groups attached to an aromatic ring is 1. The molecule has 4 aromatic rings. The number of nitrogens with two attached hydrogens (primary N) is 1. The SMILES string of the molecule is CCc1c(C(=O)NCc2ccc(Cl)c(Oc3cc(N)cc(Cl)c3)c2F)[nH]c2ccc(OC)cc12. The highest BCUT2D eigenvalue weighted by Gasteiger charge is 2.19. The number of aryl methyl sites for hydroxylation is 1. The van der Waals surface area contributed by atoms with Gasteiger partial charge in [-0.15, -0.1) is 0 Å². The molecule has 0 unspecified atom stereocenters. The molecule has 6 nitrogen and oxygen atoms in total. The lowest BCUT2D eigenvalue weighted by Crippen LogP contribution is -2.24. The van der Waals surface area contributed by atoms with Gasteiger partial charge in [0.15, 0.2) is 11.6 Å². The number of hydrogen-bond acceptors (Lipinski definition) is 4. The maximum absolute atomic E-state index is 15.2. The molecule has 0 saturated heterocycles. The standard InChI is InChI=1S/C25H22Cl2FN3O3/c1-3-18-19-11-16(33-2)5-7-21(19)31-23(18)25(32)30-12-13-4-6-20(27)24(22(13)28)34-17-9-14(26)8-15(29)10-17/h4-11,31H,3,12,29H2,1-2H3,(H,30,32). The predicted octanol–water partition coefficient (Wildman–Crippen LogP) is 6.49. The highest BCUT2D eigenvalue weighted by atomic mass is 35.5. The van der Waals surface area contributed by atoms with Gasteiger partial charge in [-0.25, -0.2) is 4.39 Å². The predicted molar refractivity (Wildman–Crippen MR) is 133 cm³/mol. The van der Waals surface area contributed by atoms with Gasteiger partial charge in [0.25, 0.3) is 5.91 Å². The Balaban J connectivity index is 1.57. The molecule has 1 heterocycles. The van der Waals surface area contributed by atoms with Crippen molar-refractivity contribution >= 4 is 45.7 Å². The quantitative estimate of drug-likeness (QED) is 0.252. The van der Waals surface area contributed by atoms with Crippen LogP contribution in [-0.4, -0.2) is 18.0 Å². The Bertz CT molecular complexity index is 1370. The number of nitrogens with one attached hydrogen (secondary N) is 2. The van der Waals surface area contributed by atoms with Crippen LogP contribution in [-0.2, 0) is 13.0 Å². The summed E-state index contributed by atoms with van der Waals surface area (Å²) in [5.41, 5.74) is 8.44. The number of ether oxygens (including phenoxy) is 2. The van der Waals surface area contributed by atoms with E-state index in [-0.39, 0.29) is 34.5 Å². The van der Waals surface area contributed by atoms with Crippen LogP contribution in [0, 0.1) is 5.82 Å². The Morgan fingerprint density at radius 1 is 1.12 bits per heavy atom. The van der Waals surface area contributed by atoms with E-state index in [0.29, 0.717) is 28.6 Å². The maximum atomic E-state index is 15.2. The summed E-state index contributed by atoms with van der Waals surface area (Å²) >= 11 is 12.2. The van der Waals surface area contributed by atoms with E-state index in [4.69, 9.17) is 38.4 Å². The number of benzene rings is 3. The van der Waals surface area contributed by atoms with Gasteiger partial charge in [-0.1, -0.05) is 36.2 Å². The van der Waals surface area contributed by atoms with E-state index in [1.807, 2.05) is 25.1 Å². The number of aromatic amines is 1. The van der Waals surface area contributed by atoms with Gasteiger partial charge >= 0.3 is 0 Å². The molecular weight excluding hydrogens is 480 g/mol. The molecule has 0 radical (unpaired) electrons. The summed E-state index contributed by atoms with van der Waals surface area (Å²) < 4.78 is 26.1. The highest BCUT2D eigenvalue weighted by Crippen LogP contribution is 2.35. The third-order valence-corrected chi connectivity index (χ3v) is 5.89. The molecule has 4 rings (SSSR count). The lowest BCUT2D eigenvalue weighted by Gasteiger charge is -2.13.